The van der Waals surface area contributed by atoms with E-state index in [0.29, 0.717) is 18.7 Å². The third-order valence-corrected chi connectivity index (χ3v) is 5.32. The summed E-state index contributed by atoms with van der Waals surface area (Å²) in [5, 5.41) is 0. The summed E-state index contributed by atoms with van der Waals surface area (Å²) in [6, 6.07) is 17.8. The van der Waals surface area contributed by atoms with E-state index in [2.05, 4.69) is 16.0 Å². The zero-order valence-corrected chi connectivity index (χ0v) is 16.0. The molecule has 29 heavy (non-hydrogen) atoms. The molecule has 1 atom stereocenters. The highest BCUT2D eigenvalue weighted by Crippen LogP contribution is 2.34. The number of ether oxygens (including phenoxy) is 1. The number of pyridine rings is 1. The Bertz CT molecular complexity index is 1150. The standard InChI is InChI=1S/C24H19N3O2/c1-15(16-5-3-2-4-6-16)29-24(28)22-12-18-11-19-14-26-23(17-7-9-25-10-8-17)20(19)13-21(18)27-22/h2-11,13,15H,12,14H2,1H3/t15-/m1/s1. The Balaban J connectivity index is 1.38. The van der Waals surface area contributed by atoms with E-state index >= 15 is 0 Å². The normalized spacial score (nSPS) is 15.2. The summed E-state index contributed by atoms with van der Waals surface area (Å²) in [6.07, 6.45) is 3.71. The molecule has 2 aliphatic rings. The van der Waals surface area contributed by atoms with Gasteiger partial charge >= 0.3 is 5.97 Å². The van der Waals surface area contributed by atoms with Crippen LogP contribution in [0, 0.1) is 0 Å². The van der Waals surface area contributed by atoms with Crippen molar-refractivity contribution in [2.45, 2.75) is 26.0 Å². The lowest BCUT2D eigenvalue weighted by Gasteiger charge is -2.13. The molecule has 0 saturated heterocycles. The average Bonchev–Trinajstić information content (AvgIpc) is 3.36. The molecule has 3 heterocycles. The number of aromatic nitrogens is 1. The van der Waals surface area contributed by atoms with Gasteiger partial charge in [-0.05, 0) is 41.8 Å². The fourth-order valence-corrected chi connectivity index (χ4v) is 3.79. The molecule has 5 rings (SSSR count). The van der Waals surface area contributed by atoms with Crippen molar-refractivity contribution in [3.05, 3.63) is 94.8 Å². The van der Waals surface area contributed by atoms with Gasteiger partial charge in [-0.15, -0.1) is 0 Å². The van der Waals surface area contributed by atoms with Crippen molar-refractivity contribution in [3.63, 3.8) is 0 Å². The molecule has 0 aliphatic carbocycles. The zero-order valence-electron chi connectivity index (χ0n) is 16.0. The van der Waals surface area contributed by atoms with E-state index in [4.69, 9.17) is 9.73 Å². The Morgan fingerprint density at radius 3 is 2.62 bits per heavy atom. The van der Waals surface area contributed by atoms with E-state index in [0.717, 1.165) is 39.2 Å². The second-order valence-electron chi connectivity index (χ2n) is 7.23. The van der Waals surface area contributed by atoms with E-state index in [1.54, 1.807) is 12.4 Å². The molecule has 0 saturated carbocycles. The number of carbonyl (C=O) groups excluding carboxylic acids is 1. The molecule has 5 heteroatoms. The van der Waals surface area contributed by atoms with Gasteiger partial charge in [0.2, 0.25) is 0 Å². The monoisotopic (exact) mass is 381 g/mol. The molecular weight excluding hydrogens is 362 g/mol. The van der Waals surface area contributed by atoms with Gasteiger partial charge in [-0.3, -0.25) is 9.98 Å². The first-order chi connectivity index (χ1) is 14.2. The van der Waals surface area contributed by atoms with Crippen molar-refractivity contribution in [2.75, 3.05) is 0 Å². The SMILES string of the molecule is C[C@@H](OC(=O)C1=Nc2cc3c(cc2C1)CN=C3c1ccncc1)c1ccccc1. The number of nitrogens with zero attached hydrogens (tertiary/aromatic N) is 3. The third kappa shape index (κ3) is 3.25. The predicted molar refractivity (Wildman–Crippen MR) is 112 cm³/mol. The van der Waals surface area contributed by atoms with Gasteiger partial charge in [0.1, 0.15) is 11.8 Å². The summed E-state index contributed by atoms with van der Waals surface area (Å²) in [6.45, 7) is 2.52. The van der Waals surface area contributed by atoms with Crippen molar-refractivity contribution in [3.8, 4) is 0 Å². The Kier molecular flexibility index (Phi) is 4.28. The summed E-state index contributed by atoms with van der Waals surface area (Å²) < 4.78 is 5.64. The van der Waals surface area contributed by atoms with Crippen molar-refractivity contribution in [2.24, 2.45) is 9.98 Å². The largest absolute Gasteiger partial charge is 0.453 e. The molecule has 2 aromatic carbocycles. The van der Waals surface area contributed by atoms with Crippen molar-refractivity contribution >= 4 is 23.1 Å². The lowest BCUT2D eigenvalue weighted by molar-refractivity contribution is -0.140. The number of fused-ring (bicyclic) bond motifs is 2. The molecule has 0 spiro atoms. The molecule has 5 nitrogen and oxygen atoms in total. The summed E-state index contributed by atoms with van der Waals surface area (Å²) in [4.78, 5) is 26.0. The minimum absolute atomic E-state index is 0.314. The van der Waals surface area contributed by atoms with Gasteiger partial charge < -0.3 is 4.74 Å². The van der Waals surface area contributed by atoms with Crippen LogP contribution in [0.4, 0.5) is 5.69 Å². The van der Waals surface area contributed by atoms with E-state index < -0.39 is 0 Å². The molecule has 0 unspecified atom stereocenters. The predicted octanol–water partition coefficient (Wildman–Crippen LogP) is 4.37. The van der Waals surface area contributed by atoms with Gasteiger partial charge in [0, 0.05) is 29.9 Å². The van der Waals surface area contributed by atoms with Crippen molar-refractivity contribution < 1.29 is 9.53 Å². The topological polar surface area (TPSA) is 63.9 Å². The number of hydrogen-bond donors (Lipinski definition) is 0. The smallest absolute Gasteiger partial charge is 0.353 e. The van der Waals surface area contributed by atoms with Gasteiger partial charge in [-0.25, -0.2) is 9.79 Å². The Labute approximate surface area is 168 Å². The molecule has 0 fully saturated rings. The third-order valence-electron chi connectivity index (χ3n) is 5.32. The highest BCUT2D eigenvalue weighted by Gasteiger charge is 2.27. The molecule has 0 bridgehead atoms. The summed E-state index contributed by atoms with van der Waals surface area (Å²) in [5.74, 6) is -0.360. The van der Waals surface area contributed by atoms with E-state index in [-0.39, 0.29) is 12.1 Å². The second kappa shape index (κ2) is 7.09. The first kappa shape index (κ1) is 17.5. The number of esters is 1. The van der Waals surface area contributed by atoms with Crippen LogP contribution in [0.2, 0.25) is 0 Å². The fraction of sp³-hybridized carbons (Fsp3) is 0.167. The quantitative estimate of drug-likeness (QED) is 0.631. The van der Waals surface area contributed by atoms with Crippen LogP contribution in [0.3, 0.4) is 0 Å². The lowest BCUT2D eigenvalue weighted by atomic mass is 9.97. The van der Waals surface area contributed by atoms with Crippen LogP contribution in [-0.4, -0.2) is 22.4 Å². The summed E-state index contributed by atoms with van der Waals surface area (Å²) in [7, 11) is 0. The fourth-order valence-electron chi connectivity index (χ4n) is 3.79. The van der Waals surface area contributed by atoms with Crippen LogP contribution in [-0.2, 0) is 22.5 Å². The van der Waals surface area contributed by atoms with Crippen LogP contribution < -0.4 is 0 Å². The average molecular weight is 381 g/mol. The number of carbonyl (C=O) groups is 1. The number of benzene rings is 2. The molecule has 0 N–H and O–H groups in total. The van der Waals surface area contributed by atoms with Gasteiger partial charge in [0.15, 0.2) is 0 Å². The summed E-state index contributed by atoms with van der Waals surface area (Å²) in [5.41, 5.74) is 7.53. The molecular formula is C24H19N3O2. The van der Waals surface area contributed by atoms with Gasteiger partial charge in [-0.2, -0.15) is 0 Å². The Morgan fingerprint density at radius 1 is 1.03 bits per heavy atom. The van der Waals surface area contributed by atoms with Crippen molar-refractivity contribution in [1.29, 1.82) is 0 Å². The zero-order chi connectivity index (χ0) is 19.8. The Hall–Kier alpha value is -3.60. The molecule has 1 aromatic heterocycles. The van der Waals surface area contributed by atoms with Crippen LogP contribution in [0.5, 0.6) is 0 Å². The van der Waals surface area contributed by atoms with Crippen LogP contribution in [0.15, 0.2) is 77.0 Å². The number of rotatable bonds is 4. The van der Waals surface area contributed by atoms with Crippen LogP contribution >= 0.6 is 0 Å². The van der Waals surface area contributed by atoms with E-state index in [1.807, 2.05) is 55.5 Å². The Morgan fingerprint density at radius 2 is 1.83 bits per heavy atom. The van der Waals surface area contributed by atoms with Crippen molar-refractivity contribution in [1.82, 2.24) is 4.98 Å². The summed E-state index contributed by atoms with van der Waals surface area (Å²) >= 11 is 0. The highest BCUT2D eigenvalue weighted by molar-refractivity contribution is 6.38. The van der Waals surface area contributed by atoms with Crippen LogP contribution in [0.1, 0.15) is 40.8 Å². The van der Waals surface area contributed by atoms with Gasteiger partial charge in [-0.1, -0.05) is 36.4 Å². The maximum atomic E-state index is 12.7. The van der Waals surface area contributed by atoms with E-state index in [1.165, 1.54) is 0 Å². The minimum Gasteiger partial charge on any atom is -0.453 e. The van der Waals surface area contributed by atoms with Gasteiger partial charge in [0.25, 0.3) is 0 Å². The highest BCUT2D eigenvalue weighted by atomic mass is 16.5. The maximum Gasteiger partial charge on any atom is 0.353 e. The maximum absolute atomic E-state index is 12.7. The van der Waals surface area contributed by atoms with Gasteiger partial charge in [0.05, 0.1) is 17.9 Å². The first-order valence-electron chi connectivity index (χ1n) is 9.63. The lowest BCUT2D eigenvalue weighted by Crippen LogP contribution is -2.19. The first-order valence-corrected chi connectivity index (χ1v) is 9.63. The molecule has 3 aromatic rings. The molecule has 0 amide bonds. The minimum atomic E-state index is -0.360. The van der Waals surface area contributed by atoms with E-state index in [9.17, 15) is 4.79 Å². The number of aliphatic imine (C=N–C) groups is 2. The number of hydrogen-bond acceptors (Lipinski definition) is 5. The molecule has 2 aliphatic heterocycles. The second-order valence-corrected chi connectivity index (χ2v) is 7.23. The molecule has 142 valence electrons. The van der Waals surface area contributed by atoms with Crippen LogP contribution in [0.25, 0.3) is 0 Å². The molecule has 0 radical (unpaired) electrons.